The van der Waals surface area contributed by atoms with Gasteiger partial charge in [-0.05, 0) is 25.0 Å². The van der Waals surface area contributed by atoms with E-state index in [-0.39, 0.29) is 25.0 Å². The number of hydrogen-bond donors (Lipinski definition) is 1. The van der Waals surface area contributed by atoms with Gasteiger partial charge in [-0.25, -0.2) is 18.7 Å². The van der Waals surface area contributed by atoms with Crippen molar-refractivity contribution in [3.63, 3.8) is 0 Å². The molecule has 0 radical (unpaired) electrons. The Kier molecular flexibility index (Phi) is 9.98. The fourth-order valence-electron chi connectivity index (χ4n) is 5.68. The predicted molar refractivity (Wildman–Crippen MR) is 170 cm³/mol. The minimum Gasteiger partial charge on any atom is -0.459 e. The molecule has 0 saturated heterocycles. The first-order valence-electron chi connectivity index (χ1n) is 15.5. The van der Waals surface area contributed by atoms with Crippen LogP contribution >= 0.6 is 0 Å². The van der Waals surface area contributed by atoms with Crippen LogP contribution in [0.25, 0.3) is 0 Å². The van der Waals surface area contributed by atoms with Crippen molar-refractivity contribution in [2.45, 2.75) is 38.9 Å². The van der Waals surface area contributed by atoms with Crippen LogP contribution in [0.15, 0.2) is 104 Å². The summed E-state index contributed by atoms with van der Waals surface area (Å²) in [6.07, 6.45) is 15.5. The van der Waals surface area contributed by atoms with Crippen LogP contribution in [0.3, 0.4) is 0 Å². The molecule has 0 spiro atoms. The number of unbranched alkanes of at least 4 members (excludes halogenated alkanes) is 1. The second-order valence-corrected chi connectivity index (χ2v) is 11.0. The standard InChI is InChI=1S/C32H35N8O8/c41-39(42)28-9-3-1-7-26(28)37(31-21-45-24-47-31)19-17-35-16-15-34(23-35)13-6-5-11-30-33-12-14-36(30)18-20-38(32-22-46-25-48-32)27-8-2-4-10-29(27)40(43)44/h1-4,7-10,12,14-16,21-23H,5-6,11,13,17-20,24-25H2/q+1/p+1. The zero-order chi connectivity index (χ0) is 33.3. The van der Waals surface area contributed by atoms with Gasteiger partial charge in [-0.2, -0.15) is 0 Å². The quantitative estimate of drug-likeness (QED) is 0.0763. The van der Waals surface area contributed by atoms with E-state index in [0.29, 0.717) is 49.3 Å². The molecule has 2 aromatic carbocycles. The maximum absolute atomic E-state index is 11.7. The highest BCUT2D eigenvalue weighted by Gasteiger charge is 2.27. The highest BCUT2D eigenvalue weighted by molar-refractivity contribution is 5.66. The van der Waals surface area contributed by atoms with Gasteiger partial charge in [0.15, 0.2) is 0 Å². The van der Waals surface area contributed by atoms with Gasteiger partial charge in [0.2, 0.25) is 31.7 Å². The second kappa shape index (κ2) is 15.0. The summed E-state index contributed by atoms with van der Waals surface area (Å²) in [7, 11) is 0. The number of para-hydroxylation sites is 4. The predicted octanol–water partition coefficient (Wildman–Crippen LogP) is 3.85. The number of nitrogens with one attached hydrogen (secondary N) is 1. The van der Waals surface area contributed by atoms with Gasteiger partial charge in [0.05, 0.1) is 29.5 Å². The molecule has 6 rings (SSSR count). The molecule has 2 aliphatic rings. The molecular weight excluding hydrogens is 624 g/mol. The molecule has 0 atom stereocenters. The lowest BCUT2D eigenvalue weighted by molar-refractivity contribution is -0.701. The summed E-state index contributed by atoms with van der Waals surface area (Å²) in [4.78, 5) is 29.4. The monoisotopic (exact) mass is 660 g/mol. The van der Waals surface area contributed by atoms with Crippen LogP contribution in [0.4, 0.5) is 22.7 Å². The fourth-order valence-corrected chi connectivity index (χ4v) is 5.68. The molecule has 0 bridgehead atoms. The smallest absolute Gasteiger partial charge is 0.292 e. The van der Waals surface area contributed by atoms with Crippen LogP contribution < -0.4 is 18.9 Å². The minimum absolute atomic E-state index is 0.00724. The summed E-state index contributed by atoms with van der Waals surface area (Å²) < 4.78 is 27.9. The number of aryl methyl sites for hydroxylation is 2. The molecule has 16 heteroatoms. The summed E-state index contributed by atoms with van der Waals surface area (Å²) in [5.41, 5.74) is 0.861. The number of aromatic nitrogens is 4. The van der Waals surface area contributed by atoms with Crippen molar-refractivity contribution in [3.05, 3.63) is 130 Å². The first-order chi connectivity index (χ1) is 23.5. The Morgan fingerprint density at radius 2 is 1.44 bits per heavy atom. The normalized spacial score (nSPS) is 13.5. The third-order valence-electron chi connectivity index (χ3n) is 8.01. The van der Waals surface area contributed by atoms with Crippen molar-refractivity contribution in [1.82, 2.24) is 9.55 Å². The average Bonchev–Trinajstić information content (AvgIpc) is 3.93. The number of benzene rings is 2. The van der Waals surface area contributed by atoms with Crippen LogP contribution in [0.5, 0.6) is 0 Å². The first-order valence-corrected chi connectivity index (χ1v) is 15.5. The third-order valence-corrected chi connectivity index (χ3v) is 8.01. The second-order valence-electron chi connectivity index (χ2n) is 11.0. The van der Waals surface area contributed by atoms with E-state index < -0.39 is 9.85 Å². The van der Waals surface area contributed by atoms with Gasteiger partial charge >= 0.3 is 0 Å². The van der Waals surface area contributed by atoms with E-state index in [1.165, 1.54) is 24.7 Å². The van der Waals surface area contributed by atoms with E-state index in [0.717, 1.165) is 31.6 Å². The van der Waals surface area contributed by atoms with Gasteiger partial charge in [0.25, 0.3) is 17.2 Å². The summed E-state index contributed by atoms with van der Waals surface area (Å²) >= 11 is 0. The first kappa shape index (κ1) is 31.9. The largest absolute Gasteiger partial charge is 0.459 e. The van der Waals surface area contributed by atoms with Gasteiger partial charge in [-0.3, -0.25) is 20.2 Å². The van der Waals surface area contributed by atoms with E-state index in [9.17, 15) is 20.2 Å². The number of nitro benzene ring substituents is 2. The lowest BCUT2D eigenvalue weighted by atomic mass is 10.2. The summed E-state index contributed by atoms with van der Waals surface area (Å²) in [5, 5.41) is 23.4. The fraction of sp³-hybridized carbons (Fsp3) is 0.312. The van der Waals surface area contributed by atoms with Crippen molar-refractivity contribution < 1.29 is 37.9 Å². The average molecular weight is 661 g/mol. The van der Waals surface area contributed by atoms with Gasteiger partial charge < -0.3 is 28.7 Å². The van der Waals surface area contributed by atoms with E-state index in [1.54, 1.807) is 46.2 Å². The topological polar surface area (TPSA) is 158 Å². The number of rotatable bonds is 17. The minimum atomic E-state index is -0.400. The lowest BCUT2D eigenvalue weighted by Gasteiger charge is -2.22. The van der Waals surface area contributed by atoms with Gasteiger partial charge in [0, 0.05) is 18.6 Å². The van der Waals surface area contributed by atoms with Gasteiger partial charge in [0.1, 0.15) is 61.8 Å². The Balaban J connectivity index is 1.01. The molecule has 16 nitrogen and oxygen atoms in total. The number of aromatic amines is 1. The molecule has 0 amide bonds. The summed E-state index contributed by atoms with van der Waals surface area (Å²) in [6.45, 7) is 2.96. The van der Waals surface area contributed by atoms with Crippen LogP contribution in [0.1, 0.15) is 18.7 Å². The third kappa shape index (κ3) is 7.49. The maximum atomic E-state index is 11.7. The molecule has 2 aromatic heterocycles. The van der Waals surface area contributed by atoms with E-state index in [4.69, 9.17) is 18.9 Å². The zero-order valence-corrected chi connectivity index (χ0v) is 26.1. The van der Waals surface area contributed by atoms with Crippen LogP contribution in [0.2, 0.25) is 0 Å². The number of H-pyrrole nitrogens is 1. The molecule has 0 saturated carbocycles. The van der Waals surface area contributed by atoms with Gasteiger partial charge in [-0.15, -0.1) is 0 Å². The molecule has 48 heavy (non-hydrogen) atoms. The molecule has 0 unspecified atom stereocenters. The Bertz CT molecular complexity index is 1800. The molecular formula is C32H36N8O8+2. The molecule has 1 N–H and O–H groups in total. The molecule has 2 aliphatic heterocycles. The van der Waals surface area contributed by atoms with Crippen molar-refractivity contribution in [2.75, 3.05) is 36.5 Å². The summed E-state index contributed by atoms with van der Waals surface area (Å²) in [6, 6.07) is 13.2. The SMILES string of the molecule is O=[N+]([O-])c1ccccc1N(CCn1cc[n+](CCCCc2[nH]cc[n+]2CCN(C2=COCO2)c2ccccc2[N+](=O)[O-])c1)C1=COCO1. The molecule has 0 aliphatic carbocycles. The van der Waals surface area contributed by atoms with Crippen molar-refractivity contribution in [1.29, 1.82) is 0 Å². The Morgan fingerprint density at radius 1 is 0.812 bits per heavy atom. The van der Waals surface area contributed by atoms with Gasteiger partial charge in [-0.1, -0.05) is 24.3 Å². The summed E-state index contributed by atoms with van der Waals surface area (Å²) in [5.74, 6) is 1.91. The van der Waals surface area contributed by atoms with Crippen molar-refractivity contribution in [3.8, 4) is 0 Å². The van der Waals surface area contributed by atoms with Crippen LogP contribution in [-0.2, 0) is 45.0 Å². The molecule has 4 aromatic rings. The maximum Gasteiger partial charge on any atom is 0.292 e. The number of nitro groups is 2. The Morgan fingerprint density at radius 3 is 2.04 bits per heavy atom. The Hall–Kier alpha value is -6.06. The van der Waals surface area contributed by atoms with Crippen LogP contribution in [0, 0.1) is 20.2 Å². The number of imidazole rings is 2. The molecule has 4 heterocycles. The lowest BCUT2D eigenvalue weighted by Crippen LogP contribution is -2.42. The van der Waals surface area contributed by atoms with E-state index in [2.05, 4.69) is 14.1 Å². The number of hydrogen-bond acceptors (Lipinski definition) is 10. The van der Waals surface area contributed by atoms with Crippen molar-refractivity contribution in [2.24, 2.45) is 0 Å². The van der Waals surface area contributed by atoms with Crippen molar-refractivity contribution >= 4 is 22.7 Å². The number of anilines is 2. The molecule has 0 fully saturated rings. The zero-order valence-electron chi connectivity index (χ0n) is 26.1. The number of nitrogens with zero attached hydrogens (tertiary/aromatic N) is 7. The van der Waals surface area contributed by atoms with Crippen LogP contribution in [-0.4, -0.2) is 46.1 Å². The number of ether oxygens (including phenoxy) is 4. The van der Waals surface area contributed by atoms with E-state index >= 15 is 0 Å². The van der Waals surface area contributed by atoms with E-state index in [1.807, 2.05) is 35.7 Å². The Labute approximate surface area is 275 Å². The highest BCUT2D eigenvalue weighted by atomic mass is 16.7. The highest BCUT2D eigenvalue weighted by Crippen LogP contribution is 2.33. The molecule has 250 valence electrons.